The molecule has 1 amide bonds. The summed E-state index contributed by atoms with van der Waals surface area (Å²) in [5.74, 6) is 0.519. The number of fused-ring (bicyclic) bond motifs is 1. The van der Waals surface area contributed by atoms with Crippen LogP contribution in [0.5, 0.6) is 5.75 Å². The number of hydrogen-bond acceptors (Lipinski definition) is 4. The number of para-hydroxylation sites is 1. The van der Waals surface area contributed by atoms with Crippen LogP contribution in [-0.4, -0.2) is 61.4 Å². The second-order valence-electron chi connectivity index (χ2n) is 7.37. The van der Waals surface area contributed by atoms with Crippen LogP contribution in [0, 0.1) is 0 Å². The average Bonchev–Trinajstić information content (AvgIpc) is 3.17. The number of hydrogen-bond donors (Lipinski definition) is 0. The van der Waals surface area contributed by atoms with Crippen molar-refractivity contribution in [1.82, 2.24) is 13.8 Å². The molecule has 0 radical (unpaired) electrons. The minimum absolute atomic E-state index is 0.0829. The molecule has 0 N–H and O–H groups in total. The third-order valence-electron chi connectivity index (χ3n) is 5.57. The van der Waals surface area contributed by atoms with Gasteiger partial charge in [0.25, 0.3) is 5.91 Å². The first-order valence-corrected chi connectivity index (χ1v) is 11.5. The van der Waals surface area contributed by atoms with E-state index in [1.165, 1.54) is 11.4 Å². The molecular weight excluding hydrogens is 414 g/mol. The van der Waals surface area contributed by atoms with Crippen LogP contribution in [0.15, 0.2) is 72.3 Å². The molecule has 0 aliphatic carbocycles. The van der Waals surface area contributed by atoms with Crippen molar-refractivity contribution in [2.24, 2.45) is 0 Å². The maximum Gasteiger partial charge on any atom is 0.256 e. The number of carbonyl (C=O) groups excluding carboxylic acids is 1. The maximum absolute atomic E-state index is 13.2. The van der Waals surface area contributed by atoms with Crippen LogP contribution in [0.1, 0.15) is 10.4 Å². The Bertz CT molecular complexity index is 1210. The highest BCUT2D eigenvalue weighted by Crippen LogP contribution is 2.25. The van der Waals surface area contributed by atoms with Crippen molar-refractivity contribution in [1.29, 1.82) is 0 Å². The number of rotatable bonds is 6. The van der Waals surface area contributed by atoms with E-state index < -0.39 is 10.0 Å². The van der Waals surface area contributed by atoms with Crippen LogP contribution in [0.25, 0.3) is 10.9 Å². The van der Waals surface area contributed by atoms with Gasteiger partial charge >= 0.3 is 0 Å². The molecule has 0 saturated carbocycles. The Balaban J connectivity index is 1.50. The summed E-state index contributed by atoms with van der Waals surface area (Å²) in [7, 11) is -2.08. The predicted molar refractivity (Wildman–Crippen MR) is 120 cm³/mol. The van der Waals surface area contributed by atoms with Gasteiger partial charge in [-0.2, -0.15) is 4.31 Å². The standard InChI is InChI=1S/C23H25N3O4S/c1-3-12-25-17-21(20-6-4-5-7-22(20)25)23(27)24-13-15-26(16-14-24)31(28,29)19-10-8-18(30-2)9-11-19/h3-11,17H,1,12-16H2,2H3. The largest absolute Gasteiger partial charge is 0.497 e. The molecule has 7 nitrogen and oxygen atoms in total. The zero-order valence-electron chi connectivity index (χ0n) is 17.4. The van der Waals surface area contributed by atoms with Crippen molar-refractivity contribution in [3.8, 4) is 5.75 Å². The second kappa shape index (κ2) is 8.56. The molecule has 1 saturated heterocycles. The lowest BCUT2D eigenvalue weighted by atomic mass is 10.1. The third-order valence-corrected chi connectivity index (χ3v) is 7.48. The first kappa shape index (κ1) is 21.1. The number of carbonyl (C=O) groups is 1. The molecule has 3 aromatic rings. The number of aromatic nitrogens is 1. The van der Waals surface area contributed by atoms with Crippen molar-refractivity contribution >= 4 is 26.8 Å². The molecule has 1 aromatic heterocycles. The number of piperazine rings is 1. The Morgan fingerprint density at radius 2 is 1.74 bits per heavy atom. The minimum atomic E-state index is -3.61. The highest BCUT2D eigenvalue weighted by molar-refractivity contribution is 7.89. The van der Waals surface area contributed by atoms with Crippen molar-refractivity contribution < 1.29 is 17.9 Å². The third kappa shape index (κ3) is 3.96. The zero-order chi connectivity index (χ0) is 22.0. The summed E-state index contributed by atoms with van der Waals surface area (Å²) >= 11 is 0. The average molecular weight is 440 g/mol. The van der Waals surface area contributed by atoms with E-state index in [0.29, 0.717) is 30.9 Å². The molecule has 0 unspecified atom stereocenters. The summed E-state index contributed by atoms with van der Waals surface area (Å²) in [5, 5.41) is 0.891. The van der Waals surface area contributed by atoms with Gasteiger partial charge in [-0.15, -0.1) is 6.58 Å². The summed E-state index contributed by atoms with van der Waals surface area (Å²) in [6, 6.07) is 14.1. The summed E-state index contributed by atoms with van der Waals surface area (Å²) in [6.07, 6.45) is 3.65. The molecule has 0 spiro atoms. The fourth-order valence-corrected chi connectivity index (χ4v) is 5.33. The highest BCUT2D eigenvalue weighted by Gasteiger charge is 2.31. The molecule has 2 aromatic carbocycles. The summed E-state index contributed by atoms with van der Waals surface area (Å²) in [5.41, 5.74) is 1.61. The molecule has 1 fully saturated rings. The summed E-state index contributed by atoms with van der Waals surface area (Å²) in [4.78, 5) is 15.2. The SMILES string of the molecule is C=CCn1cc(C(=O)N2CCN(S(=O)(=O)c3ccc(OC)cc3)CC2)c2ccccc21. The quantitative estimate of drug-likeness (QED) is 0.554. The highest BCUT2D eigenvalue weighted by atomic mass is 32.2. The topological polar surface area (TPSA) is 71.9 Å². The van der Waals surface area contributed by atoms with E-state index in [4.69, 9.17) is 4.74 Å². The Labute approximate surface area is 182 Å². The number of amides is 1. The number of methoxy groups -OCH3 is 1. The lowest BCUT2D eigenvalue weighted by Crippen LogP contribution is -2.50. The molecule has 31 heavy (non-hydrogen) atoms. The zero-order valence-corrected chi connectivity index (χ0v) is 18.2. The van der Waals surface area contributed by atoms with Gasteiger partial charge in [-0.3, -0.25) is 4.79 Å². The van der Waals surface area contributed by atoms with Gasteiger partial charge in [-0.05, 0) is 30.3 Å². The monoisotopic (exact) mass is 439 g/mol. The van der Waals surface area contributed by atoms with Crippen LogP contribution in [0.4, 0.5) is 0 Å². The Morgan fingerprint density at radius 3 is 2.39 bits per heavy atom. The Hall–Kier alpha value is -3.10. The molecule has 162 valence electrons. The molecule has 1 aliphatic heterocycles. The second-order valence-corrected chi connectivity index (χ2v) is 9.31. The molecule has 4 rings (SSSR count). The van der Waals surface area contributed by atoms with Crippen molar-refractivity contribution in [2.45, 2.75) is 11.4 Å². The van der Waals surface area contributed by atoms with Gasteiger partial charge in [0.2, 0.25) is 10.0 Å². The van der Waals surface area contributed by atoms with Crippen LogP contribution in [0.2, 0.25) is 0 Å². The molecule has 2 heterocycles. The number of sulfonamides is 1. The number of ether oxygens (including phenoxy) is 1. The lowest BCUT2D eigenvalue weighted by Gasteiger charge is -2.34. The Morgan fingerprint density at radius 1 is 1.06 bits per heavy atom. The van der Waals surface area contributed by atoms with Gasteiger partial charge in [0.1, 0.15) is 5.75 Å². The summed E-state index contributed by atoms with van der Waals surface area (Å²) in [6.45, 7) is 5.60. The van der Waals surface area contributed by atoms with Crippen LogP contribution < -0.4 is 4.74 Å². The van der Waals surface area contributed by atoms with Crippen molar-refractivity contribution in [3.05, 3.63) is 72.9 Å². The number of nitrogens with zero attached hydrogens (tertiary/aromatic N) is 3. The lowest BCUT2D eigenvalue weighted by molar-refractivity contribution is 0.0699. The fourth-order valence-electron chi connectivity index (χ4n) is 3.91. The molecule has 8 heteroatoms. The number of allylic oxidation sites excluding steroid dienone is 1. The van der Waals surface area contributed by atoms with Crippen molar-refractivity contribution in [2.75, 3.05) is 33.3 Å². The van der Waals surface area contributed by atoms with Crippen molar-refractivity contribution in [3.63, 3.8) is 0 Å². The van der Waals surface area contributed by atoms with Gasteiger partial charge in [-0.1, -0.05) is 24.3 Å². The van der Waals surface area contributed by atoms with Gasteiger partial charge < -0.3 is 14.2 Å². The van der Waals surface area contributed by atoms with E-state index in [1.54, 1.807) is 35.2 Å². The van der Waals surface area contributed by atoms with Gasteiger partial charge in [0.15, 0.2) is 0 Å². The van der Waals surface area contributed by atoms with Gasteiger partial charge in [-0.25, -0.2) is 8.42 Å². The van der Waals surface area contributed by atoms with Gasteiger partial charge in [0, 0.05) is 49.8 Å². The molecule has 0 atom stereocenters. The maximum atomic E-state index is 13.2. The van der Waals surface area contributed by atoms with Crippen LogP contribution in [0.3, 0.4) is 0 Å². The predicted octanol–water partition coefficient (Wildman–Crippen LogP) is 2.98. The van der Waals surface area contributed by atoms with Gasteiger partial charge in [0.05, 0.1) is 17.6 Å². The van der Waals surface area contributed by atoms with Crippen LogP contribution in [-0.2, 0) is 16.6 Å². The van der Waals surface area contributed by atoms with E-state index in [9.17, 15) is 13.2 Å². The van der Waals surface area contributed by atoms with E-state index in [2.05, 4.69) is 6.58 Å². The Kier molecular flexibility index (Phi) is 5.84. The first-order valence-electron chi connectivity index (χ1n) is 10.1. The molecular formula is C23H25N3O4S. The number of benzene rings is 2. The summed E-state index contributed by atoms with van der Waals surface area (Å²) < 4.78 is 34.4. The van der Waals surface area contributed by atoms with E-state index in [-0.39, 0.29) is 23.9 Å². The van der Waals surface area contributed by atoms with E-state index >= 15 is 0 Å². The normalized spacial score (nSPS) is 15.2. The minimum Gasteiger partial charge on any atom is -0.497 e. The smallest absolute Gasteiger partial charge is 0.256 e. The fraction of sp³-hybridized carbons (Fsp3) is 0.261. The van der Waals surface area contributed by atoms with E-state index in [1.807, 2.05) is 35.0 Å². The van der Waals surface area contributed by atoms with Crippen LogP contribution >= 0.6 is 0 Å². The first-order chi connectivity index (χ1) is 15.0. The molecule has 1 aliphatic rings. The molecule has 0 bridgehead atoms. The van der Waals surface area contributed by atoms with E-state index in [0.717, 1.165) is 10.9 Å².